The maximum absolute atomic E-state index is 13.6. The van der Waals surface area contributed by atoms with Crippen molar-refractivity contribution in [3.05, 3.63) is 0 Å². The third-order valence-electron chi connectivity index (χ3n) is 9.44. The topological polar surface area (TPSA) is 86.7 Å². The van der Waals surface area contributed by atoms with Gasteiger partial charge in [0.2, 0.25) is 0 Å². The molecule has 0 spiro atoms. The zero-order valence-corrected chi connectivity index (χ0v) is 19.3. The summed E-state index contributed by atoms with van der Waals surface area (Å²) < 4.78 is 10.5. The van der Waals surface area contributed by atoms with E-state index in [4.69, 9.17) is 9.47 Å². The highest BCUT2D eigenvalue weighted by Crippen LogP contribution is 2.66. The van der Waals surface area contributed by atoms with Crippen LogP contribution >= 0.6 is 0 Å². The van der Waals surface area contributed by atoms with Gasteiger partial charge in [-0.25, -0.2) is 0 Å². The van der Waals surface area contributed by atoms with Gasteiger partial charge in [0.15, 0.2) is 5.78 Å². The Labute approximate surface area is 184 Å². The van der Waals surface area contributed by atoms with Crippen molar-refractivity contribution < 1.29 is 28.7 Å². The van der Waals surface area contributed by atoms with Gasteiger partial charge in [0.1, 0.15) is 18.5 Å². The van der Waals surface area contributed by atoms with Gasteiger partial charge in [0.25, 0.3) is 0 Å². The first-order chi connectivity index (χ1) is 14.6. The first kappa shape index (κ1) is 22.5. The molecular weight excluding hydrogens is 396 g/mol. The van der Waals surface area contributed by atoms with Crippen molar-refractivity contribution >= 4 is 23.5 Å². The summed E-state index contributed by atoms with van der Waals surface area (Å²) in [6.45, 7) is 7.02. The Morgan fingerprint density at radius 3 is 2.39 bits per heavy atom. The molecular formula is C25H36O6. The van der Waals surface area contributed by atoms with Crippen molar-refractivity contribution in [2.24, 2.45) is 40.4 Å². The highest BCUT2D eigenvalue weighted by Gasteiger charge is 2.64. The average Bonchev–Trinajstić information content (AvgIpc) is 3.02. The first-order valence-corrected chi connectivity index (χ1v) is 11.9. The summed E-state index contributed by atoms with van der Waals surface area (Å²) in [5.74, 6) is 0.558. The van der Waals surface area contributed by atoms with Gasteiger partial charge in [-0.1, -0.05) is 13.8 Å². The molecule has 4 aliphatic rings. The van der Waals surface area contributed by atoms with Crippen molar-refractivity contribution in [2.75, 3.05) is 6.61 Å². The molecule has 0 saturated heterocycles. The first-order valence-electron chi connectivity index (χ1n) is 11.9. The second kappa shape index (κ2) is 8.00. The minimum atomic E-state index is -0.441. The van der Waals surface area contributed by atoms with Crippen LogP contribution in [0.3, 0.4) is 0 Å². The molecule has 0 N–H and O–H groups in total. The predicted molar refractivity (Wildman–Crippen MR) is 113 cm³/mol. The molecule has 0 amide bonds. The fraction of sp³-hybridized carbons (Fsp3) is 0.840. The zero-order chi connectivity index (χ0) is 22.6. The second-order valence-corrected chi connectivity index (χ2v) is 11.1. The van der Waals surface area contributed by atoms with Crippen LogP contribution in [-0.4, -0.2) is 36.2 Å². The Morgan fingerprint density at radius 1 is 0.968 bits per heavy atom. The van der Waals surface area contributed by atoms with E-state index in [-0.39, 0.29) is 47.1 Å². The van der Waals surface area contributed by atoms with E-state index in [1.807, 2.05) is 0 Å². The molecule has 8 atom stereocenters. The molecule has 4 aliphatic carbocycles. The number of ketones is 2. The van der Waals surface area contributed by atoms with Crippen LogP contribution in [0.25, 0.3) is 0 Å². The van der Waals surface area contributed by atoms with Crippen LogP contribution in [0, 0.1) is 40.4 Å². The lowest BCUT2D eigenvalue weighted by Crippen LogP contribution is -2.58. The molecule has 0 heterocycles. The van der Waals surface area contributed by atoms with Gasteiger partial charge in [0.05, 0.1) is 0 Å². The molecule has 0 radical (unpaired) electrons. The predicted octanol–water partition coefficient (Wildman–Crippen LogP) is 3.89. The highest BCUT2D eigenvalue weighted by molar-refractivity contribution is 5.89. The van der Waals surface area contributed by atoms with Crippen molar-refractivity contribution in [3.63, 3.8) is 0 Å². The van der Waals surface area contributed by atoms with E-state index in [9.17, 15) is 19.2 Å². The quantitative estimate of drug-likeness (QED) is 0.627. The number of carbonyl (C=O) groups is 4. The minimum Gasteiger partial charge on any atom is -0.463 e. The van der Waals surface area contributed by atoms with Gasteiger partial charge >= 0.3 is 11.9 Å². The van der Waals surface area contributed by atoms with Crippen molar-refractivity contribution in [1.82, 2.24) is 0 Å². The minimum absolute atomic E-state index is 0.0224. The van der Waals surface area contributed by atoms with Gasteiger partial charge in [-0.15, -0.1) is 0 Å². The van der Waals surface area contributed by atoms with Gasteiger partial charge in [-0.3, -0.25) is 19.2 Å². The Bertz CT molecular complexity index is 789. The largest absolute Gasteiger partial charge is 0.463 e. The number of carbonyl (C=O) groups excluding carboxylic acids is 4. The third kappa shape index (κ3) is 3.74. The molecule has 4 fully saturated rings. The van der Waals surface area contributed by atoms with E-state index in [2.05, 4.69) is 13.8 Å². The number of esters is 2. The number of ether oxygens (including phenoxy) is 2. The SMILES string of the molecule is CC(=O)OCC(=O)[C@H]1CC[C@H]2[C@@H]3CC[C@H]4C[C@@H](OC(C)=O)CC[C@]4(C)[C@H]3C(=O)C[C@]12C. The van der Waals surface area contributed by atoms with Crippen LogP contribution in [0.15, 0.2) is 0 Å². The molecule has 172 valence electrons. The van der Waals surface area contributed by atoms with Crippen molar-refractivity contribution in [2.45, 2.75) is 85.2 Å². The number of fused-ring (bicyclic) bond motifs is 5. The fourth-order valence-corrected chi connectivity index (χ4v) is 8.18. The summed E-state index contributed by atoms with van der Waals surface area (Å²) >= 11 is 0. The molecule has 4 saturated carbocycles. The molecule has 6 heteroatoms. The van der Waals surface area contributed by atoms with Gasteiger partial charge in [-0.05, 0) is 73.5 Å². The molecule has 31 heavy (non-hydrogen) atoms. The number of rotatable bonds is 4. The van der Waals surface area contributed by atoms with Crippen LogP contribution in [0.1, 0.15) is 79.1 Å². The standard InChI is InChI=1S/C25H36O6/c1-14(26)30-13-22(29)20-8-7-19-18-6-5-16-11-17(31-15(2)27)9-10-24(16,3)23(18)21(28)12-25(19,20)4/h16-20,23H,5-13H2,1-4H3/t16-,17-,18-,19-,20+,23+,24-,25-/m0/s1. The van der Waals surface area contributed by atoms with Gasteiger partial charge in [0, 0.05) is 32.1 Å². The number of Topliss-reactive ketones (excluding diaryl/α,β-unsaturated/α-hetero) is 2. The molecule has 6 nitrogen and oxygen atoms in total. The molecule has 0 aromatic rings. The van der Waals surface area contributed by atoms with E-state index in [0.29, 0.717) is 30.0 Å². The lowest BCUT2D eigenvalue weighted by molar-refractivity contribution is -0.170. The monoisotopic (exact) mass is 432 g/mol. The summed E-state index contributed by atoms with van der Waals surface area (Å²) in [6, 6.07) is 0. The lowest BCUT2D eigenvalue weighted by atomic mass is 9.44. The molecule has 0 aromatic heterocycles. The molecule has 0 aliphatic heterocycles. The average molecular weight is 433 g/mol. The van der Waals surface area contributed by atoms with Crippen molar-refractivity contribution in [1.29, 1.82) is 0 Å². The van der Waals surface area contributed by atoms with E-state index in [1.165, 1.54) is 13.8 Å². The molecule has 0 aromatic carbocycles. The summed E-state index contributed by atoms with van der Waals surface area (Å²) in [4.78, 5) is 49.1. The fourth-order valence-electron chi connectivity index (χ4n) is 8.18. The maximum atomic E-state index is 13.6. The van der Waals surface area contributed by atoms with Crippen LogP contribution < -0.4 is 0 Å². The Balaban J connectivity index is 1.53. The Kier molecular flexibility index (Phi) is 5.80. The van der Waals surface area contributed by atoms with E-state index < -0.39 is 5.97 Å². The van der Waals surface area contributed by atoms with E-state index in [1.54, 1.807) is 0 Å². The van der Waals surface area contributed by atoms with E-state index in [0.717, 1.165) is 44.9 Å². The number of hydrogen-bond acceptors (Lipinski definition) is 6. The van der Waals surface area contributed by atoms with Gasteiger partial charge in [-0.2, -0.15) is 0 Å². The summed E-state index contributed by atoms with van der Waals surface area (Å²) in [7, 11) is 0. The van der Waals surface area contributed by atoms with Crippen LogP contribution in [0.2, 0.25) is 0 Å². The maximum Gasteiger partial charge on any atom is 0.303 e. The summed E-state index contributed by atoms with van der Waals surface area (Å²) in [6.07, 6.45) is 6.85. The Hall–Kier alpha value is -1.72. The molecule has 0 unspecified atom stereocenters. The Morgan fingerprint density at radius 2 is 1.71 bits per heavy atom. The van der Waals surface area contributed by atoms with Crippen LogP contribution in [0.5, 0.6) is 0 Å². The van der Waals surface area contributed by atoms with Crippen LogP contribution in [0.4, 0.5) is 0 Å². The lowest BCUT2D eigenvalue weighted by Gasteiger charge is -2.59. The normalized spacial score (nSPS) is 43.9. The van der Waals surface area contributed by atoms with Crippen molar-refractivity contribution in [3.8, 4) is 0 Å². The third-order valence-corrected chi connectivity index (χ3v) is 9.44. The van der Waals surface area contributed by atoms with E-state index >= 15 is 0 Å². The second-order valence-electron chi connectivity index (χ2n) is 11.1. The molecule has 0 bridgehead atoms. The molecule has 4 rings (SSSR count). The summed E-state index contributed by atoms with van der Waals surface area (Å²) in [5, 5.41) is 0. The smallest absolute Gasteiger partial charge is 0.303 e. The van der Waals surface area contributed by atoms with Crippen LogP contribution in [-0.2, 0) is 28.7 Å². The summed E-state index contributed by atoms with van der Waals surface area (Å²) in [5.41, 5.74) is -0.370. The highest BCUT2D eigenvalue weighted by atomic mass is 16.5. The number of hydrogen-bond donors (Lipinski definition) is 0. The van der Waals surface area contributed by atoms with Gasteiger partial charge < -0.3 is 9.47 Å². The zero-order valence-electron chi connectivity index (χ0n) is 19.3.